The van der Waals surface area contributed by atoms with E-state index < -0.39 is 5.97 Å². The molecule has 1 rings (SSSR count). The molecule has 16 heavy (non-hydrogen) atoms. The highest BCUT2D eigenvalue weighted by Crippen LogP contribution is 2.13. The van der Waals surface area contributed by atoms with Gasteiger partial charge < -0.3 is 9.90 Å². The molecule has 0 amide bonds. The third-order valence-corrected chi connectivity index (χ3v) is 2.55. The maximum Gasteiger partial charge on any atom is 0.0654 e. The number of carbonyl (C=O) groups is 1. The fraction of sp³-hybridized carbons (Fsp3) is 0.308. The minimum absolute atomic E-state index is 0.355. The Morgan fingerprint density at radius 1 is 1.25 bits per heavy atom. The van der Waals surface area contributed by atoms with E-state index in [-0.39, 0.29) is 0 Å². The molecule has 0 unspecified atom stereocenters. The van der Waals surface area contributed by atoms with Crippen molar-refractivity contribution >= 4 is 17.6 Å². The van der Waals surface area contributed by atoms with Gasteiger partial charge in [0.2, 0.25) is 0 Å². The summed E-state index contributed by atoms with van der Waals surface area (Å²) < 4.78 is 0. The van der Waals surface area contributed by atoms with Crippen LogP contribution in [-0.2, 0) is 11.2 Å². The van der Waals surface area contributed by atoms with Gasteiger partial charge in [0.25, 0.3) is 0 Å². The summed E-state index contributed by atoms with van der Waals surface area (Å²) in [5, 5.41) is 10.5. The zero-order valence-electron chi connectivity index (χ0n) is 8.99. The van der Waals surface area contributed by atoms with Crippen molar-refractivity contribution in [3.8, 4) is 0 Å². The predicted octanol–water partition coefficient (Wildman–Crippen LogP) is 2.27. The summed E-state index contributed by atoms with van der Waals surface area (Å²) in [7, 11) is 0. The molecular formula is C13H14ClO2-. The lowest BCUT2D eigenvalue weighted by atomic mass is 10.1. The third kappa shape index (κ3) is 5.56. The molecule has 0 atom stereocenters. The molecule has 0 saturated carbocycles. The van der Waals surface area contributed by atoms with Gasteiger partial charge in [0.05, 0.1) is 5.97 Å². The monoisotopic (exact) mass is 237 g/mol. The fourth-order valence-corrected chi connectivity index (χ4v) is 1.69. The van der Waals surface area contributed by atoms with Crippen LogP contribution < -0.4 is 5.11 Å². The van der Waals surface area contributed by atoms with E-state index in [1.54, 1.807) is 0 Å². The van der Waals surface area contributed by atoms with E-state index in [2.05, 4.69) is 12.1 Å². The van der Waals surface area contributed by atoms with Gasteiger partial charge in [-0.3, -0.25) is 0 Å². The molecule has 0 fully saturated rings. The van der Waals surface area contributed by atoms with Crippen LogP contribution in [0.3, 0.4) is 0 Å². The number of carboxylic acid groups (broad SMARTS) is 1. The van der Waals surface area contributed by atoms with E-state index >= 15 is 0 Å². The molecule has 0 aliphatic carbocycles. The highest BCUT2D eigenvalue weighted by molar-refractivity contribution is 6.30. The van der Waals surface area contributed by atoms with E-state index in [9.17, 15) is 9.90 Å². The molecule has 0 radical (unpaired) electrons. The summed E-state index contributed by atoms with van der Waals surface area (Å²) in [5.41, 5.74) is 1.29. The molecule has 0 bridgehead atoms. The van der Waals surface area contributed by atoms with E-state index in [1.165, 1.54) is 5.56 Å². The molecule has 1 aromatic rings. The molecule has 0 N–H and O–H groups in total. The van der Waals surface area contributed by atoms with E-state index in [0.29, 0.717) is 11.5 Å². The summed E-state index contributed by atoms with van der Waals surface area (Å²) in [6.45, 7) is 0. The molecule has 0 saturated heterocycles. The van der Waals surface area contributed by atoms with Gasteiger partial charge in [-0.1, -0.05) is 41.9 Å². The quantitative estimate of drug-likeness (QED) is 0.563. The zero-order chi connectivity index (χ0) is 11.8. The van der Waals surface area contributed by atoms with Gasteiger partial charge in [-0.05, 0) is 37.3 Å². The van der Waals surface area contributed by atoms with Crippen molar-refractivity contribution in [3.63, 3.8) is 0 Å². The van der Waals surface area contributed by atoms with Crippen molar-refractivity contribution in [1.82, 2.24) is 0 Å². The third-order valence-electron chi connectivity index (χ3n) is 2.25. The average Bonchev–Trinajstić information content (AvgIpc) is 2.25. The van der Waals surface area contributed by atoms with Gasteiger partial charge in [-0.15, -0.1) is 0 Å². The van der Waals surface area contributed by atoms with Crippen LogP contribution in [0, 0.1) is 0 Å². The largest absolute Gasteiger partial charge is 0.545 e. The number of carbonyl (C=O) groups excluding carboxylic acids is 1. The maximum absolute atomic E-state index is 10.2. The molecule has 86 valence electrons. The van der Waals surface area contributed by atoms with Gasteiger partial charge in [-0.2, -0.15) is 0 Å². The van der Waals surface area contributed by atoms with Crippen LogP contribution in [0.25, 0.3) is 0 Å². The molecule has 0 spiro atoms. The van der Waals surface area contributed by atoms with Crippen LogP contribution >= 0.6 is 11.6 Å². The lowest BCUT2D eigenvalue weighted by molar-refractivity contribution is -0.297. The number of unbranched alkanes of at least 4 members (excludes halogenated alkanes) is 1. The van der Waals surface area contributed by atoms with Gasteiger partial charge in [-0.25, -0.2) is 0 Å². The maximum atomic E-state index is 10.2. The van der Waals surface area contributed by atoms with E-state index in [4.69, 9.17) is 11.6 Å². The number of carboxylic acids is 1. The SMILES string of the molecule is O=C([O-])/C=C(\Cl)CCCCc1ccccc1. The summed E-state index contributed by atoms with van der Waals surface area (Å²) in [6.07, 6.45) is 4.43. The smallest absolute Gasteiger partial charge is 0.0654 e. The predicted molar refractivity (Wildman–Crippen MR) is 62.9 cm³/mol. The second-order valence-corrected chi connectivity index (χ2v) is 4.09. The summed E-state index contributed by atoms with van der Waals surface area (Å²) in [6, 6.07) is 10.2. The first-order valence-electron chi connectivity index (χ1n) is 5.29. The lowest BCUT2D eigenvalue weighted by Crippen LogP contribution is -2.19. The second kappa shape index (κ2) is 7.07. The summed E-state index contributed by atoms with van der Waals surface area (Å²) >= 11 is 5.70. The Morgan fingerprint density at radius 2 is 1.94 bits per heavy atom. The minimum atomic E-state index is -1.23. The van der Waals surface area contributed by atoms with Crippen molar-refractivity contribution in [1.29, 1.82) is 0 Å². The van der Waals surface area contributed by atoms with Gasteiger partial charge in [0.1, 0.15) is 0 Å². The summed E-state index contributed by atoms with van der Waals surface area (Å²) in [4.78, 5) is 10.2. The van der Waals surface area contributed by atoms with Crippen molar-refractivity contribution < 1.29 is 9.90 Å². The average molecular weight is 238 g/mol. The Kier molecular flexibility index (Phi) is 5.65. The number of halogens is 1. The minimum Gasteiger partial charge on any atom is -0.545 e. The zero-order valence-corrected chi connectivity index (χ0v) is 9.74. The van der Waals surface area contributed by atoms with E-state index in [0.717, 1.165) is 25.3 Å². The molecule has 0 aromatic heterocycles. The molecule has 0 aliphatic rings. The molecule has 0 heterocycles. The van der Waals surface area contributed by atoms with Crippen LogP contribution in [0.15, 0.2) is 41.4 Å². The Morgan fingerprint density at radius 3 is 2.56 bits per heavy atom. The van der Waals surface area contributed by atoms with Crippen molar-refractivity contribution in [2.24, 2.45) is 0 Å². The number of rotatable bonds is 6. The number of hydrogen-bond donors (Lipinski definition) is 0. The van der Waals surface area contributed by atoms with Crippen LogP contribution in [0.1, 0.15) is 24.8 Å². The number of hydrogen-bond acceptors (Lipinski definition) is 2. The van der Waals surface area contributed by atoms with Crippen molar-refractivity contribution in [3.05, 3.63) is 47.0 Å². The number of benzene rings is 1. The topological polar surface area (TPSA) is 40.1 Å². The fourth-order valence-electron chi connectivity index (χ4n) is 1.47. The van der Waals surface area contributed by atoms with Gasteiger partial charge >= 0.3 is 0 Å². The summed E-state index contributed by atoms with van der Waals surface area (Å²) in [5.74, 6) is -1.23. The molecule has 3 heteroatoms. The molecule has 1 aromatic carbocycles. The van der Waals surface area contributed by atoms with Crippen LogP contribution in [0.5, 0.6) is 0 Å². The first-order chi connectivity index (χ1) is 7.68. The Hall–Kier alpha value is -1.28. The Bertz CT molecular complexity index is 357. The van der Waals surface area contributed by atoms with Crippen LogP contribution in [-0.4, -0.2) is 5.97 Å². The highest BCUT2D eigenvalue weighted by atomic mass is 35.5. The second-order valence-electron chi connectivity index (χ2n) is 3.60. The first-order valence-corrected chi connectivity index (χ1v) is 5.67. The molecule has 0 aliphatic heterocycles. The molecular weight excluding hydrogens is 224 g/mol. The van der Waals surface area contributed by atoms with Gasteiger partial charge in [0.15, 0.2) is 0 Å². The standard InChI is InChI=1S/C13H15ClO2/c14-12(10-13(15)16)9-5-4-8-11-6-2-1-3-7-11/h1-3,6-7,10H,4-5,8-9H2,(H,15,16)/p-1/b12-10-. The highest BCUT2D eigenvalue weighted by Gasteiger charge is 1.95. The van der Waals surface area contributed by atoms with Gasteiger partial charge in [0, 0.05) is 5.03 Å². The van der Waals surface area contributed by atoms with Crippen LogP contribution in [0.4, 0.5) is 0 Å². The van der Waals surface area contributed by atoms with E-state index in [1.807, 2.05) is 18.2 Å². The normalized spacial score (nSPS) is 11.4. The Labute approximate surface area is 101 Å². The molecule has 2 nitrogen and oxygen atoms in total. The lowest BCUT2D eigenvalue weighted by Gasteiger charge is -2.02. The van der Waals surface area contributed by atoms with Crippen molar-refractivity contribution in [2.45, 2.75) is 25.7 Å². The number of aryl methyl sites for hydroxylation is 1. The Balaban J connectivity index is 2.20. The van der Waals surface area contributed by atoms with Crippen LogP contribution in [0.2, 0.25) is 0 Å². The first kappa shape index (κ1) is 12.8. The van der Waals surface area contributed by atoms with Crippen molar-refractivity contribution in [2.75, 3.05) is 0 Å². The number of allylic oxidation sites excluding steroid dienone is 1. The number of aliphatic carboxylic acids is 1.